The minimum Gasteiger partial charge on any atom is -0.232 e. The number of thiocarbonyl (C=S) groups is 1. The lowest BCUT2D eigenvalue weighted by atomic mass is 10.2. The monoisotopic (exact) mass is 153 g/mol. The summed E-state index contributed by atoms with van der Waals surface area (Å²) < 4.78 is 0. The fourth-order valence-corrected chi connectivity index (χ4v) is 1.30. The summed E-state index contributed by atoms with van der Waals surface area (Å²) in [5.41, 5.74) is 1.55. The van der Waals surface area contributed by atoms with Gasteiger partial charge in [-0.05, 0) is 37.9 Å². The zero-order valence-electron chi connectivity index (χ0n) is 5.97. The van der Waals surface area contributed by atoms with Gasteiger partial charge in [-0.1, -0.05) is 11.6 Å². The number of hydrogen-bond acceptors (Lipinski definition) is 2. The molecule has 0 spiro atoms. The van der Waals surface area contributed by atoms with E-state index in [1.54, 1.807) is 5.57 Å². The summed E-state index contributed by atoms with van der Waals surface area (Å²) in [4.78, 5) is 3.86. The molecule has 0 amide bonds. The van der Waals surface area contributed by atoms with E-state index in [9.17, 15) is 0 Å². The minimum atomic E-state index is 0.829. The van der Waals surface area contributed by atoms with Crippen molar-refractivity contribution in [3.8, 4) is 0 Å². The molecule has 0 radical (unpaired) electrons. The average Bonchev–Trinajstić information content (AvgIpc) is 2.41. The van der Waals surface area contributed by atoms with Gasteiger partial charge in [0.1, 0.15) is 0 Å². The first-order valence-corrected chi connectivity index (χ1v) is 4.06. The Bertz CT molecular complexity index is 178. The molecule has 0 heterocycles. The third-order valence-electron chi connectivity index (χ3n) is 1.74. The fourth-order valence-electron chi connectivity index (χ4n) is 1.21. The topological polar surface area (TPSA) is 12.4 Å². The highest BCUT2D eigenvalue weighted by molar-refractivity contribution is 7.78. The van der Waals surface area contributed by atoms with E-state index >= 15 is 0 Å². The standard InChI is InChI=1S/C8H11NS/c10-7-9-6-5-8-3-1-2-4-8/h3H,1-2,4-6H2. The summed E-state index contributed by atoms with van der Waals surface area (Å²) >= 11 is 4.46. The Morgan fingerprint density at radius 2 is 2.60 bits per heavy atom. The Morgan fingerprint density at radius 3 is 3.20 bits per heavy atom. The summed E-state index contributed by atoms with van der Waals surface area (Å²) in [7, 11) is 0. The lowest BCUT2D eigenvalue weighted by Crippen LogP contribution is -1.82. The number of aliphatic imine (C=N–C) groups is 1. The Labute approximate surface area is 66.9 Å². The van der Waals surface area contributed by atoms with Gasteiger partial charge in [0.15, 0.2) is 0 Å². The largest absolute Gasteiger partial charge is 0.232 e. The van der Waals surface area contributed by atoms with Crippen LogP contribution in [0, 0.1) is 0 Å². The molecule has 0 saturated heterocycles. The van der Waals surface area contributed by atoms with E-state index in [1.807, 2.05) is 0 Å². The predicted octanol–water partition coefficient (Wildman–Crippen LogP) is 2.59. The second-order valence-electron chi connectivity index (χ2n) is 2.48. The predicted molar refractivity (Wildman–Crippen MR) is 46.4 cm³/mol. The summed E-state index contributed by atoms with van der Waals surface area (Å²) in [6, 6.07) is 0. The van der Waals surface area contributed by atoms with E-state index in [2.05, 4.69) is 28.4 Å². The molecule has 0 fully saturated rings. The summed E-state index contributed by atoms with van der Waals surface area (Å²) in [6.07, 6.45) is 7.27. The molecule has 1 aliphatic carbocycles. The Morgan fingerprint density at radius 1 is 1.70 bits per heavy atom. The lowest BCUT2D eigenvalue weighted by Gasteiger charge is -1.94. The van der Waals surface area contributed by atoms with Gasteiger partial charge in [-0.15, -0.1) is 0 Å². The van der Waals surface area contributed by atoms with Gasteiger partial charge in [-0.3, -0.25) is 0 Å². The molecule has 0 N–H and O–H groups in total. The van der Waals surface area contributed by atoms with Crippen LogP contribution in [0.15, 0.2) is 16.6 Å². The summed E-state index contributed by atoms with van der Waals surface area (Å²) in [5, 5.41) is 2.37. The smallest absolute Gasteiger partial charge is 0.0585 e. The molecule has 1 nitrogen and oxygen atoms in total. The van der Waals surface area contributed by atoms with Crippen molar-refractivity contribution in [1.29, 1.82) is 0 Å². The van der Waals surface area contributed by atoms with Crippen molar-refractivity contribution >= 4 is 17.4 Å². The van der Waals surface area contributed by atoms with Crippen molar-refractivity contribution in [2.24, 2.45) is 4.99 Å². The first-order valence-electron chi connectivity index (χ1n) is 3.65. The van der Waals surface area contributed by atoms with Gasteiger partial charge < -0.3 is 0 Å². The molecular weight excluding hydrogens is 142 g/mol. The highest BCUT2D eigenvalue weighted by atomic mass is 32.1. The van der Waals surface area contributed by atoms with Crippen LogP contribution >= 0.6 is 12.2 Å². The maximum atomic E-state index is 4.46. The zero-order valence-corrected chi connectivity index (χ0v) is 6.78. The molecule has 0 saturated carbocycles. The number of allylic oxidation sites excluding steroid dienone is 1. The van der Waals surface area contributed by atoms with Gasteiger partial charge in [-0.2, -0.15) is 0 Å². The van der Waals surface area contributed by atoms with Crippen LogP contribution in [0.2, 0.25) is 0 Å². The van der Waals surface area contributed by atoms with Gasteiger partial charge in [0.2, 0.25) is 0 Å². The molecule has 0 atom stereocenters. The molecule has 1 rings (SSSR count). The summed E-state index contributed by atoms with van der Waals surface area (Å²) in [6.45, 7) is 0.829. The molecule has 0 unspecified atom stereocenters. The van der Waals surface area contributed by atoms with Crippen LogP contribution < -0.4 is 0 Å². The summed E-state index contributed by atoms with van der Waals surface area (Å²) in [5.74, 6) is 0. The van der Waals surface area contributed by atoms with Crippen molar-refractivity contribution in [3.05, 3.63) is 11.6 Å². The molecule has 2 heteroatoms. The molecule has 54 valence electrons. The van der Waals surface area contributed by atoms with Gasteiger partial charge in [0, 0.05) is 0 Å². The Hall–Kier alpha value is -0.460. The minimum absolute atomic E-state index is 0.829. The average molecular weight is 153 g/mol. The third kappa shape index (κ3) is 2.42. The van der Waals surface area contributed by atoms with E-state index in [4.69, 9.17) is 0 Å². The van der Waals surface area contributed by atoms with E-state index in [-0.39, 0.29) is 0 Å². The highest BCUT2D eigenvalue weighted by Crippen LogP contribution is 2.19. The molecule has 1 aliphatic rings. The van der Waals surface area contributed by atoms with Crippen molar-refractivity contribution in [3.63, 3.8) is 0 Å². The quantitative estimate of drug-likeness (QED) is 0.345. The Balaban J connectivity index is 2.18. The first kappa shape index (κ1) is 7.64. The molecule has 0 aromatic rings. The maximum Gasteiger partial charge on any atom is 0.0585 e. The number of rotatable bonds is 3. The SMILES string of the molecule is S=C=NCCC1=CCCC1. The van der Waals surface area contributed by atoms with E-state index in [0.29, 0.717) is 0 Å². The van der Waals surface area contributed by atoms with Crippen molar-refractivity contribution < 1.29 is 0 Å². The molecular formula is C8H11NS. The van der Waals surface area contributed by atoms with E-state index in [1.165, 1.54) is 19.3 Å². The molecule has 0 aromatic heterocycles. The van der Waals surface area contributed by atoms with Gasteiger partial charge in [-0.25, -0.2) is 4.99 Å². The lowest BCUT2D eigenvalue weighted by molar-refractivity contribution is 0.853. The van der Waals surface area contributed by atoms with Crippen LogP contribution in [0.5, 0.6) is 0 Å². The highest BCUT2D eigenvalue weighted by Gasteiger charge is 2.02. The van der Waals surface area contributed by atoms with Crippen LogP contribution in [-0.4, -0.2) is 11.7 Å². The van der Waals surface area contributed by atoms with Gasteiger partial charge >= 0.3 is 0 Å². The number of hydrogen-bond donors (Lipinski definition) is 0. The van der Waals surface area contributed by atoms with Crippen molar-refractivity contribution in [1.82, 2.24) is 0 Å². The van der Waals surface area contributed by atoms with Gasteiger partial charge in [0.25, 0.3) is 0 Å². The molecule has 0 bridgehead atoms. The van der Waals surface area contributed by atoms with Crippen molar-refractivity contribution in [2.45, 2.75) is 25.7 Å². The van der Waals surface area contributed by atoms with Crippen LogP contribution in [0.4, 0.5) is 0 Å². The second kappa shape index (κ2) is 4.37. The van der Waals surface area contributed by atoms with Gasteiger partial charge in [0.05, 0.1) is 11.7 Å². The molecule has 10 heavy (non-hydrogen) atoms. The van der Waals surface area contributed by atoms with E-state index in [0.717, 1.165) is 13.0 Å². The number of nitrogens with zero attached hydrogens (tertiary/aromatic N) is 1. The molecule has 0 aromatic carbocycles. The van der Waals surface area contributed by atoms with E-state index < -0.39 is 0 Å². The van der Waals surface area contributed by atoms with Crippen LogP contribution in [0.1, 0.15) is 25.7 Å². The fraction of sp³-hybridized carbons (Fsp3) is 0.625. The van der Waals surface area contributed by atoms with Crippen LogP contribution in [-0.2, 0) is 0 Å². The maximum absolute atomic E-state index is 4.46. The van der Waals surface area contributed by atoms with Crippen LogP contribution in [0.3, 0.4) is 0 Å². The first-order chi connectivity index (χ1) is 4.93. The third-order valence-corrected chi connectivity index (χ3v) is 1.87. The number of isothiocyanates is 1. The van der Waals surface area contributed by atoms with Crippen LogP contribution in [0.25, 0.3) is 0 Å². The normalized spacial score (nSPS) is 16.2. The zero-order chi connectivity index (χ0) is 7.23. The van der Waals surface area contributed by atoms with Crippen molar-refractivity contribution in [2.75, 3.05) is 6.54 Å². The molecule has 0 aliphatic heterocycles. The second-order valence-corrected chi connectivity index (χ2v) is 2.66. The Kier molecular flexibility index (Phi) is 3.34.